The summed E-state index contributed by atoms with van der Waals surface area (Å²) in [7, 11) is -2.41. The Labute approximate surface area is 161 Å². The topological polar surface area (TPSA) is 143 Å². The number of nitrogens with zero attached hydrogens (tertiary/aromatic N) is 1. The highest BCUT2D eigenvalue weighted by atomic mass is 31.2. The third-order valence-corrected chi connectivity index (χ3v) is 6.07. The molecule has 1 aromatic rings. The lowest BCUT2D eigenvalue weighted by molar-refractivity contribution is -0.140. The van der Waals surface area contributed by atoms with Crippen LogP contribution in [0.5, 0.6) is 0 Å². The predicted molar refractivity (Wildman–Crippen MR) is 93.2 cm³/mol. The first-order chi connectivity index (χ1) is 13.2. The van der Waals surface area contributed by atoms with E-state index < -0.39 is 37.7 Å². The summed E-state index contributed by atoms with van der Waals surface area (Å²) in [5.41, 5.74) is -0.608. The van der Waals surface area contributed by atoms with Crippen molar-refractivity contribution in [3.8, 4) is 0 Å². The van der Waals surface area contributed by atoms with Gasteiger partial charge in [-0.3, -0.25) is 18.7 Å². The van der Waals surface area contributed by atoms with E-state index in [4.69, 9.17) is 13.8 Å². The van der Waals surface area contributed by atoms with Crippen molar-refractivity contribution in [3.05, 3.63) is 18.0 Å². The molecule has 1 aliphatic rings. The number of ether oxygens (including phenoxy) is 2. The molecule has 1 aromatic heterocycles. The first-order valence-corrected chi connectivity index (χ1v) is 10.2. The molecule has 1 N–H and O–H groups in total. The van der Waals surface area contributed by atoms with Gasteiger partial charge in [-0.25, -0.2) is 4.79 Å². The van der Waals surface area contributed by atoms with Crippen LogP contribution in [0, 0.1) is 11.3 Å². The fourth-order valence-corrected chi connectivity index (χ4v) is 4.62. The summed E-state index contributed by atoms with van der Waals surface area (Å²) in [6.07, 6.45) is 1.11. The summed E-state index contributed by atoms with van der Waals surface area (Å²) in [5.74, 6) is -2.47. The second-order valence-corrected chi connectivity index (χ2v) is 8.88. The predicted octanol–water partition coefficient (Wildman–Crippen LogP) is 1.35. The molecule has 1 aliphatic heterocycles. The zero-order valence-electron chi connectivity index (χ0n) is 15.8. The second kappa shape index (κ2) is 9.31. The Balaban J connectivity index is 1.89. The number of amides is 1. The normalized spacial score (nSPS) is 23.6. The Morgan fingerprint density at radius 2 is 2.14 bits per heavy atom. The highest BCUT2D eigenvalue weighted by molar-refractivity contribution is 7.54. The molecule has 1 saturated heterocycles. The maximum Gasteiger partial charge on any atom is 0.379 e. The van der Waals surface area contributed by atoms with E-state index in [-0.39, 0.29) is 37.4 Å². The minimum Gasteiger partial charge on any atom is -0.469 e. The molecular weight excluding hydrogens is 395 g/mol. The van der Waals surface area contributed by atoms with Crippen LogP contribution in [0.15, 0.2) is 16.8 Å². The van der Waals surface area contributed by atoms with Gasteiger partial charge < -0.3 is 23.8 Å². The van der Waals surface area contributed by atoms with Crippen molar-refractivity contribution in [1.82, 2.24) is 10.5 Å². The van der Waals surface area contributed by atoms with Gasteiger partial charge >= 0.3 is 19.5 Å². The monoisotopic (exact) mass is 418 g/mol. The van der Waals surface area contributed by atoms with Crippen LogP contribution in [0.2, 0.25) is 0 Å². The molecule has 2 heterocycles. The Bertz CT molecular complexity index is 747. The number of aromatic nitrogens is 1. The third-order valence-electron chi connectivity index (χ3n) is 4.23. The molecule has 12 heteroatoms. The van der Waals surface area contributed by atoms with Gasteiger partial charge in [0.05, 0.1) is 38.4 Å². The fraction of sp³-hybridized carbons (Fsp3) is 0.625. The Kier molecular flexibility index (Phi) is 7.34. The average Bonchev–Trinajstić information content (AvgIpc) is 3.18. The van der Waals surface area contributed by atoms with E-state index in [0.717, 1.165) is 0 Å². The standard InChI is InChI=1S/C16H23N2O9P/c1-16(2)9-25-28(22,26-10-24-15(21)12-4-7-18-27-12)8-11(16)14(20)17-6-5-13(19)23-3/h4,7,11H,5-6,8-10H2,1-3H3,(H,17,20)/t11-,28?/m0/s1. The Hall–Kier alpha value is -2.23. The second-order valence-electron chi connectivity index (χ2n) is 6.78. The van der Waals surface area contributed by atoms with Crippen molar-refractivity contribution in [2.45, 2.75) is 20.3 Å². The van der Waals surface area contributed by atoms with E-state index in [2.05, 4.69) is 19.7 Å². The van der Waals surface area contributed by atoms with E-state index >= 15 is 0 Å². The molecule has 2 rings (SSSR count). The van der Waals surface area contributed by atoms with Crippen molar-refractivity contribution < 1.29 is 42.0 Å². The van der Waals surface area contributed by atoms with Crippen LogP contribution in [-0.2, 0) is 32.7 Å². The minimum atomic E-state index is -3.67. The number of rotatable bonds is 8. The number of nitrogens with one attached hydrogen (secondary N) is 1. The van der Waals surface area contributed by atoms with Crippen LogP contribution in [0.4, 0.5) is 0 Å². The molecule has 11 nitrogen and oxygen atoms in total. The molecule has 2 atom stereocenters. The number of carbonyl (C=O) groups excluding carboxylic acids is 3. The van der Waals surface area contributed by atoms with E-state index in [1.54, 1.807) is 13.8 Å². The highest BCUT2D eigenvalue weighted by Crippen LogP contribution is 2.57. The number of esters is 2. The quantitative estimate of drug-likeness (QED) is 0.373. The van der Waals surface area contributed by atoms with Gasteiger partial charge in [0, 0.05) is 18.0 Å². The van der Waals surface area contributed by atoms with Crippen LogP contribution in [0.3, 0.4) is 0 Å². The van der Waals surface area contributed by atoms with Crippen molar-refractivity contribution in [2.24, 2.45) is 11.3 Å². The van der Waals surface area contributed by atoms with E-state index in [1.165, 1.54) is 19.4 Å². The molecule has 0 aliphatic carbocycles. The van der Waals surface area contributed by atoms with Crippen LogP contribution < -0.4 is 5.32 Å². The largest absolute Gasteiger partial charge is 0.469 e. The summed E-state index contributed by atoms with van der Waals surface area (Å²) in [6, 6.07) is 1.30. The molecule has 0 aromatic carbocycles. The van der Waals surface area contributed by atoms with Gasteiger partial charge in [-0.15, -0.1) is 0 Å². The number of hydrogen-bond donors (Lipinski definition) is 1. The van der Waals surface area contributed by atoms with Gasteiger partial charge in [-0.05, 0) is 0 Å². The molecule has 1 unspecified atom stereocenters. The van der Waals surface area contributed by atoms with Gasteiger partial charge in [0.2, 0.25) is 18.5 Å². The van der Waals surface area contributed by atoms with Gasteiger partial charge in [0.1, 0.15) is 0 Å². The molecular formula is C16H23N2O9P. The molecule has 0 saturated carbocycles. The Morgan fingerprint density at radius 1 is 1.39 bits per heavy atom. The highest BCUT2D eigenvalue weighted by Gasteiger charge is 2.47. The lowest BCUT2D eigenvalue weighted by Crippen LogP contribution is -2.46. The number of hydrogen-bond acceptors (Lipinski definition) is 10. The van der Waals surface area contributed by atoms with Crippen LogP contribution in [0.25, 0.3) is 0 Å². The average molecular weight is 418 g/mol. The maximum atomic E-state index is 12.8. The van der Waals surface area contributed by atoms with Gasteiger partial charge in [0.15, 0.2) is 0 Å². The van der Waals surface area contributed by atoms with Crippen LogP contribution >= 0.6 is 7.60 Å². The third kappa shape index (κ3) is 5.88. The lowest BCUT2D eigenvalue weighted by Gasteiger charge is -2.39. The van der Waals surface area contributed by atoms with Gasteiger partial charge in [0.25, 0.3) is 0 Å². The van der Waals surface area contributed by atoms with Crippen molar-refractivity contribution in [1.29, 1.82) is 0 Å². The van der Waals surface area contributed by atoms with E-state index in [1.807, 2.05) is 0 Å². The van der Waals surface area contributed by atoms with Crippen molar-refractivity contribution in [2.75, 3.05) is 33.2 Å². The SMILES string of the molecule is COC(=O)CCNC(=O)[C@@H]1CP(=O)(OCOC(=O)c2ccno2)OCC1(C)C. The molecule has 0 bridgehead atoms. The molecule has 0 spiro atoms. The van der Waals surface area contributed by atoms with Crippen LogP contribution in [0.1, 0.15) is 30.8 Å². The summed E-state index contributed by atoms with van der Waals surface area (Å²) < 4.78 is 37.3. The van der Waals surface area contributed by atoms with Gasteiger partial charge in [-0.2, -0.15) is 0 Å². The first-order valence-electron chi connectivity index (χ1n) is 8.47. The van der Waals surface area contributed by atoms with Crippen molar-refractivity contribution >= 4 is 25.4 Å². The molecule has 28 heavy (non-hydrogen) atoms. The summed E-state index contributed by atoms with van der Waals surface area (Å²) in [6.45, 7) is 3.07. The maximum absolute atomic E-state index is 12.8. The Morgan fingerprint density at radius 3 is 2.79 bits per heavy atom. The minimum absolute atomic E-state index is 0.00934. The van der Waals surface area contributed by atoms with E-state index in [9.17, 15) is 18.9 Å². The summed E-state index contributed by atoms with van der Waals surface area (Å²) in [4.78, 5) is 35.3. The smallest absolute Gasteiger partial charge is 0.379 e. The fourth-order valence-electron chi connectivity index (χ4n) is 2.48. The molecule has 1 fully saturated rings. The summed E-state index contributed by atoms with van der Waals surface area (Å²) in [5, 5.41) is 6.00. The molecule has 156 valence electrons. The molecule has 1 amide bonds. The van der Waals surface area contributed by atoms with Gasteiger partial charge in [-0.1, -0.05) is 19.0 Å². The zero-order chi connectivity index (χ0) is 20.8. The number of carbonyl (C=O) groups is 3. The lowest BCUT2D eigenvalue weighted by atomic mass is 9.80. The van der Waals surface area contributed by atoms with Crippen LogP contribution in [-0.4, -0.2) is 56.2 Å². The van der Waals surface area contributed by atoms with Crippen molar-refractivity contribution in [3.63, 3.8) is 0 Å². The summed E-state index contributed by atoms with van der Waals surface area (Å²) >= 11 is 0. The first kappa shape index (κ1) is 22.1. The molecule has 0 radical (unpaired) electrons. The number of methoxy groups -OCH3 is 1. The zero-order valence-corrected chi connectivity index (χ0v) is 16.7. The van der Waals surface area contributed by atoms with E-state index in [0.29, 0.717) is 0 Å².